The lowest BCUT2D eigenvalue weighted by molar-refractivity contribution is -0.359. The van der Waals surface area contributed by atoms with Crippen LogP contribution in [0.3, 0.4) is 0 Å². The maximum Gasteiger partial charge on any atom is 0.220 e. The van der Waals surface area contributed by atoms with Gasteiger partial charge in [-0.25, -0.2) is 0 Å². The third-order valence-electron chi connectivity index (χ3n) is 15.7. The number of ether oxygens (including phenoxy) is 4. The second-order valence-corrected chi connectivity index (χ2v) is 22.9. The standard InChI is InChI=1S/C67H119NO13/c1-3-5-7-9-11-13-15-17-18-19-20-21-22-23-24-25-26-27-28-29-30-31-32-33-34-35-36-37-38-39-41-43-45-47-49-51-59(72)68-55(56(71)50-48-46-44-42-40-16-14-12-10-8-6-4-2)54-78-66-64(77)62(75)65(58(53-70)80-66)81-67-63(76)61(74)60(73)57(52-69)79-67/h5,7,11,13,17-18,20-21,23-24,26-27,55-58,60-67,69-71,73-77H,3-4,6,8-10,12,14-16,19,22,25,28-54H2,1-2H3,(H,68,72)/b7-5-,13-11-,18-17-,21-20-,24-23-,27-26-. The summed E-state index contributed by atoms with van der Waals surface area (Å²) in [5, 5.41) is 87.3. The minimum atomic E-state index is -1.78. The molecule has 2 fully saturated rings. The Kier molecular flexibility index (Phi) is 47.7. The third-order valence-corrected chi connectivity index (χ3v) is 15.7. The van der Waals surface area contributed by atoms with E-state index in [1.165, 1.54) is 135 Å². The van der Waals surface area contributed by atoms with Crippen molar-refractivity contribution in [1.82, 2.24) is 5.32 Å². The van der Waals surface area contributed by atoms with Crippen LogP contribution >= 0.6 is 0 Å². The van der Waals surface area contributed by atoms with E-state index in [9.17, 15) is 45.6 Å². The van der Waals surface area contributed by atoms with Gasteiger partial charge in [-0.1, -0.05) is 254 Å². The summed E-state index contributed by atoms with van der Waals surface area (Å²) >= 11 is 0. The summed E-state index contributed by atoms with van der Waals surface area (Å²) in [4.78, 5) is 13.3. The lowest BCUT2D eigenvalue weighted by atomic mass is 9.97. The molecule has 0 bridgehead atoms. The Morgan fingerprint density at radius 3 is 1.31 bits per heavy atom. The number of aliphatic hydroxyl groups excluding tert-OH is 8. The first-order chi connectivity index (χ1) is 39.6. The Hall–Kier alpha value is -2.57. The highest BCUT2D eigenvalue weighted by molar-refractivity contribution is 5.76. The molecule has 12 atom stereocenters. The van der Waals surface area contributed by atoms with E-state index in [1.54, 1.807) is 0 Å². The van der Waals surface area contributed by atoms with Gasteiger partial charge >= 0.3 is 0 Å². The van der Waals surface area contributed by atoms with Crippen molar-refractivity contribution < 1.29 is 64.6 Å². The average Bonchev–Trinajstić information content (AvgIpc) is 3.46. The molecule has 2 heterocycles. The molecule has 2 aliphatic heterocycles. The quantitative estimate of drug-likeness (QED) is 0.0204. The molecule has 0 radical (unpaired) electrons. The van der Waals surface area contributed by atoms with E-state index in [0.29, 0.717) is 12.8 Å². The lowest BCUT2D eigenvalue weighted by Gasteiger charge is -2.46. The van der Waals surface area contributed by atoms with Crippen LogP contribution in [-0.4, -0.2) is 140 Å². The van der Waals surface area contributed by atoms with Crippen LogP contribution in [0.1, 0.15) is 251 Å². The van der Waals surface area contributed by atoms with Crippen molar-refractivity contribution >= 4 is 5.91 Å². The predicted octanol–water partition coefficient (Wildman–Crippen LogP) is 12.3. The zero-order valence-corrected chi connectivity index (χ0v) is 50.8. The summed E-state index contributed by atoms with van der Waals surface area (Å²) in [6, 6.07) is -0.830. The number of hydrogen-bond donors (Lipinski definition) is 9. The fourth-order valence-electron chi connectivity index (χ4n) is 10.5. The van der Waals surface area contributed by atoms with Crippen LogP contribution in [-0.2, 0) is 23.7 Å². The highest BCUT2D eigenvalue weighted by Gasteiger charge is 2.51. The molecule has 0 aliphatic carbocycles. The van der Waals surface area contributed by atoms with Gasteiger partial charge in [-0.3, -0.25) is 4.79 Å². The van der Waals surface area contributed by atoms with E-state index in [2.05, 4.69) is 92.1 Å². The summed E-state index contributed by atoms with van der Waals surface area (Å²) in [5.41, 5.74) is 0. The van der Waals surface area contributed by atoms with Gasteiger partial charge < -0.3 is 65.1 Å². The Morgan fingerprint density at radius 2 is 0.852 bits per heavy atom. The zero-order valence-electron chi connectivity index (χ0n) is 50.8. The zero-order chi connectivity index (χ0) is 58.8. The highest BCUT2D eigenvalue weighted by atomic mass is 16.7. The molecule has 1 amide bonds. The Morgan fingerprint density at radius 1 is 0.457 bits per heavy atom. The van der Waals surface area contributed by atoms with Crippen LogP contribution < -0.4 is 5.32 Å². The van der Waals surface area contributed by atoms with Crippen LogP contribution in [0.25, 0.3) is 0 Å². The van der Waals surface area contributed by atoms with Gasteiger partial charge in [-0.05, 0) is 64.2 Å². The Balaban J connectivity index is 1.60. The van der Waals surface area contributed by atoms with Crippen molar-refractivity contribution in [1.29, 1.82) is 0 Å². The molecule has 0 aromatic heterocycles. The molecular weight excluding hydrogens is 1030 g/mol. The lowest BCUT2D eigenvalue weighted by Crippen LogP contribution is -2.65. The number of unbranched alkanes of at least 4 members (excludes halogenated alkanes) is 27. The van der Waals surface area contributed by atoms with Gasteiger partial charge in [0.25, 0.3) is 0 Å². The second-order valence-electron chi connectivity index (χ2n) is 22.9. The predicted molar refractivity (Wildman–Crippen MR) is 327 cm³/mol. The number of allylic oxidation sites excluding steroid dienone is 12. The summed E-state index contributed by atoms with van der Waals surface area (Å²) in [6.07, 6.45) is 52.1. The van der Waals surface area contributed by atoms with E-state index in [1.807, 2.05) is 0 Å². The second kappa shape index (κ2) is 51.8. The number of rotatable bonds is 52. The van der Waals surface area contributed by atoms with Gasteiger partial charge in [0.05, 0.1) is 32.0 Å². The molecule has 14 nitrogen and oxygen atoms in total. The number of hydrogen-bond acceptors (Lipinski definition) is 13. The molecule has 0 spiro atoms. The monoisotopic (exact) mass is 1150 g/mol. The number of carbonyl (C=O) groups is 1. The van der Waals surface area contributed by atoms with E-state index in [4.69, 9.17) is 18.9 Å². The molecule has 470 valence electrons. The number of nitrogens with one attached hydrogen (secondary N) is 1. The van der Waals surface area contributed by atoms with E-state index >= 15 is 0 Å². The number of amides is 1. The molecule has 81 heavy (non-hydrogen) atoms. The van der Waals surface area contributed by atoms with Crippen LogP contribution in [0, 0.1) is 0 Å². The summed E-state index contributed by atoms with van der Waals surface area (Å²) in [6.45, 7) is 2.74. The van der Waals surface area contributed by atoms with Crippen LogP contribution in [0.15, 0.2) is 72.9 Å². The topological polar surface area (TPSA) is 228 Å². The first-order valence-electron chi connectivity index (χ1n) is 32.7. The Bertz CT molecular complexity index is 1630. The molecule has 2 saturated heterocycles. The minimum absolute atomic E-state index is 0.208. The van der Waals surface area contributed by atoms with E-state index in [0.717, 1.165) is 89.9 Å². The fourth-order valence-corrected chi connectivity index (χ4v) is 10.5. The van der Waals surface area contributed by atoms with Crippen LogP contribution in [0.4, 0.5) is 0 Å². The van der Waals surface area contributed by atoms with Crippen molar-refractivity contribution in [2.45, 2.75) is 325 Å². The maximum atomic E-state index is 13.3. The molecule has 14 heteroatoms. The van der Waals surface area contributed by atoms with Gasteiger partial charge in [0.2, 0.25) is 5.91 Å². The third kappa shape index (κ3) is 36.8. The van der Waals surface area contributed by atoms with Crippen molar-refractivity contribution in [3.05, 3.63) is 72.9 Å². The molecule has 2 aliphatic rings. The first-order valence-corrected chi connectivity index (χ1v) is 32.7. The van der Waals surface area contributed by atoms with Gasteiger partial charge in [0.1, 0.15) is 48.8 Å². The van der Waals surface area contributed by atoms with Gasteiger partial charge in [-0.2, -0.15) is 0 Å². The molecule has 12 unspecified atom stereocenters. The fraction of sp³-hybridized carbons (Fsp3) is 0.806. The molecule has 2 rings (SSSR count). The van der Waals surface area contributed by atoms with Gasteiger partial charge in [0.15, 0.2) is 12.6 Å². The average molecular weight is 1150 g/mol. The molecule has 0 saturated carbocycles. The minimum Gasteiger partial charge on any atom is -0.394 e. The first kappa shape index (κ1) is 74.5. The number of aliphatic hydroxyl groups is 8. The van der Waals surface area contributed by atoms with Crippen molar-refractivity contribution in [3.63, 3.8) is 0 Å². The molecule has 9 N–H and O–H groups in total. The molecule has 0 aromatic rings. The largest absolute Gasteiger partial charge is 0.394 e. The van der Waals surface area contributed by atoms with Gasteiger partial charge in [0, 0.05) is 6.42 Å². The highest BCUT2D eigenvalue weighted by Crippen LogP contribution is 2.30. The van der Waals surface area contributed by atoms with Crippen molar-refractivity contribution in [2.75, 3.05) is 19.8 Å². The molecule has 0 aromatic carbocycles. The van der Waals surface area contributed by atoms with Crippen LogP contribution in [0.5, 0.6) is 0 Å². The van der Waals surface area contributed by atoms with E-state index in [-0.39, 0.29) is 12.5 Å². The van der Waals surface area contributed by atoms with Crippen molar-refractivity contribution in [3.8, 4) is 0 Å². The van der Waals surface area contributed by atoms with Crippen molar-refractivity contribution in [2.24, 2.45) is 0 Å². The van der Waals surface area contributed by atoms with E-state index < -0.39 is 86.8 Å². The van der Waals surface area contributed by atoms with Crippen LogP contribution in [0.2, 0.25) is 0 Å². The summed E-state index contributed by atoms with van der Waals surface area (Å²) < 4.78 is 22.8. The Labute approximate surface area is 491 Å². The SMILES string of the molecule is CC/C=C\C/C=C\C/C=C\C/C=C\C/C=C\C/C=C\CCCCCCCCCCCCCCCCCCC(=O)NC(COC1OC(CO)C(OC2OC(CO)C(O)C(O)C2O)C(O)C1O)C(O)CCCCCCCCCCCCCC. The summed E-state index contributed by atoms with van der Waals surface area (Å²) in [5.74, 6) is -0.208. The number of carbonyl (C=O) groups excluding carboxylic acids is 1. The maximum absolute atomic E-state index is 13.3. The molecular formula is C67H119NO13. The smallest absolute Gasteiger partial charge is 0.220 e. The van der Waals surface area contributed by atoms with Gasteiger partial charge in [-0.15, -0.1) is 0 Å². The summed E-state index contributed by atoms with van der Waals surface area (Å²) in [7, 11) is 0. The normalized spacial score (nSPS) is 24.6.